The number of urea groups is 1. The molecule has 1 aromatic rings. The topological polar surface area (TPSA) is 113 Å². The maximum atomic E-state index is 11.3. The molecule has 0 bridgehead atoms. The maximum Gasteiger partial charge on any atom is 0.314 e. The molecule has 0 aromatic heterocycles. The average molecular weight is 296 g/mol. The Hall–Kier alpha value is -2.57. The molecule has 0 radical (unpaired) electrons. The molecule has 0 saturated heterocycles. The molecule has 0 unspecified atom stereocenters. The van der Waals surface area contributed by atoms with E-state index in [-0.39, 0.29) is 24.9 Å². The molecule has 21 heavy (non-hydrogen) atoms. The number of primary amides is 1. The number of rotatable bonds is 5. The van der Waals surface area contributed by atoms with E-state index >= 15 is 0 Å². The Morgan fingerprint density at radius 2 is 1.95 bits per heavy atom. The van der Waals surface area contributed by atoms with Gasteiger partial charge in [-0.3, -0.25) is 9.59 Å². The van der Waals surface area contributed by atoms with Gasteiger partial charge in [0.25, 0.3) is 5.91 Å². The Labute approximate surface area is 125 Å². The highest BCUT2D eigenvalue weighted by atomic mass is 16.4. The standard InChI is InChI=1S/C10H11NO3.C4H10N2O/c12-9(13)6-7-11-10(14)8-4-2-1-3-5-8;1-3-6(2)4(5)7/h1-5H,6-7H2,(H,11,14)(H,12,13);3H2,1-2H3,(H2,5,7)/i/hD. The minimum atomic E-state index is -0.918. The quantitative estimate of drug-likeness (QED) is 0.749. The summed E-state index contributed by atoms with van der Waals surface area (Å²) in [6.07, 6.45) is -0.0570. The van der Waals surface area contributed by atoms with E-state index in [1.165, 1.54) is 4.90 Å². The van der Waals surface area contributed by atoms with Crippen LogP contribution in [-0.2, 0) is 4.79 Å². The SMILES string of the molecule is O=C(O)CCNC(=O)c1ccccc1.[2H]NC(=O)N(C)CC. The van der Waals surface area contributed by atoms with Gasteiger partial charge in [0.1, 0.15) is 0 Å². The van der Waals surface area contributed by atoms with E-state index in [9.17, 15) is 14.4 Å². The van der Waals surface area contributed by atoms with Crippen LogP contribution in [0.15, 0.2) is 30.3 Å². The number of hydrogen-bond donors (Lipinski definition) is 3. The largest absolute Gasteiger partial charge is 0.481 e. The molecule has 116 valence electrons. The predicted molar refractivity (Wildman–Crippen MR) is 78.9 cm³/mol. The van der Waals surface area contributed by atoms with Gasteiger partial charge < -0.3 is 21.0 Å². The third kappa shape index (κ3) is 9.04. The lowest BCUT2D eigenvalue weighted by Gasteiger charge is -2.08. The van der Waals surface area contributed by atoms with E-state index in [1.54, 1.807) is 37.0 Å². The second kappa shape index (κ2) is 10.2. The number of nitrogens with two attached hydrogens (primary N) is 1. The van der Waals surface area contributed by atoms with Crippen LogP contribution in [0.2, 0.25) is 1.41 Å². The first kappa shape index (κ1) is 16.5. The number of carboxylic acid groups (broad SMARTS) is 1. The zero-order valence-electron chi connectivity index (χ0n) is 13.1. The predicted octanol–water partition coefficient (Wildman–Crippen LogP) is 0.908. The summed E-state index contributed by atoms with van der Waals surface area (Å²) in [4.78, 5) is 33.3. The van der Waals surface area contributed by atoms with Gasteiger partial charge in [-0.2, -0.15) is 0 Å². The summed E-state index contributed by atoms with van der Waals surface area (Å²) >= 11 is 0. The average Bonchev–Trinajstić information content (AvgIpc) is 2.54. The number of hydrogen-bond acceptors (Lipinski definition) is 3. The molecule has 0 aliphatic rings. The summed E-state index contributed by atoms with van der Waals surface area (Å²) in [5, 5.41) is 10.9. The first-order valence-corrected chi connectivity index (χ1v) is 6.40. The monoisotopic (exact) mass is 296 g/mol. The second-order valence-corrected chi connectivity index (χ2v) is 4.08. The lowest BCUT2D eigenvalue weighted by atomic mass is 10.2. The van der Waals surface area contributed by atoms with E-state index in [1.807, 2.05) is 13.0 Å². The number of benzene rings is 1. The Morgan fingerprint density at radius 3 is 2.38 bits per heavy atom. The molecule has 0 heterocycles. The van der Waals surface area contributed by atoms with Crippen LogP contribution < -0.4 is 11.0 Å². The number of carbonyl (C=O) groups is 3. The van der Waals surface area contributed by atoms with Gasteiger partial charge in [0.15, 0.2) is 1.41 Å². The van der Waals surface area contributed by atoms with Gasteiger partial charge in [0.2, 0.25) is 0 Å². The highest BCUT2D eigenvalue weighted by molar-refractivity contribution is 5.94. The van der Waals surface area contributed by atoms with Crippen molar-refractivity contribution in [3.05, 3.63) is 35.9 Å². The fourth-order valence-electron chi connectivity index (χ4n) is 1.12. The van der Waals surface area contributed by atoms with Crippen LogP contribution in [-0.4, -0.2) is 48.1 Å². The molecular formula is C14H21N3O4. The highest BCUT2D eigenvalue weighted by Gasteiger charge is 2.04. The van der Waals surface area contributed by atoms with Gasteiger partial charge in [-0.1, -0.05) is 18.2 Å². The second-order valence-electron chi connectivity index (χ2n) is 4.08. The van der Waals surface area contributed by atoms with Crippen molar-refractivity contribution >= 4 is 17.9 Å². The molecule has 7 nitrogen and oxygen atoms in total. The van der Waals surface area contributed by atoms with E-state index in [0.717, 1.165) is 0 Å². The van der Waals surface area contributed by atoms with Gasteiger partial charge in [-0.15, -0.1) is 0 Å². The fraction of sp³-hybridized carbons (Fsp3) is 0.357. The number of carboxylic acids is 1. The van der Waals surface area contributed by atoms with Crippen LogP contribution in [0.25, 0.3) is 0 Å². The molecular weight excluding hydrogens is 274 g/mol. The van der Waals surface area contributed by atoms with Gasteiger partial charge in [0.05, 0.1) is 6.42 Å². The summed E-state index contributed by atoms with van der Waals surface area (Å²) in [5.74, 6) is -1.16. The van der Waals surface area contributed by atoms with E-state index in [2.05, 4.69) is 5.32 Å². The van der Waals surface area contributed by atoms with Crippen molar-refractivity contribution in [3.8, 4) is 0 Å². The minimum absolute atomic E-state index is 0.0570. The van der Waals surface area contributed by atoms with Gasteiger partial charge in [-0.25, -0.2) is 4.79 Å². The Bertz CT molecular complexity index is 482. The molecule has 1 rings (SSSR count). The Balaban J connectivity index is 0.000000472. The highest BCUT2D eigenvalue weighted by Crippen LogP contribution is 1.97. The lowest BCUT2D eigenvalue weighted by molar-refractivity contribution is -0.136. The molecule has 4 N–H and O–H groups in total. The molecule has 1 aromatic carbocycles. The van der Waals surface area contributed by atoms with E-state index in [0.29, 0.717) is 12.1 Å². The number of nitrogens with zero attached hydrogens (tertiary/aromatic N) is 1. The van der Waals surface area contributed by atoms with Gasteiger partial charge in [-0.05, 0) is 19.1 Å². The minimum Gasteiger partial charge on any atom is -0.481 e. The zero-order chi connectivity index (χ0) is 17.0. The van der Waals surface area contributed by atoms with Crippen LogP contribution in [0.5, 0.6) is 0 Å². The van der Waals surface area contributed by atoms with E-state index in [4.69, 9.17) is 6.52 Å². The first-order chi connectivity index (χ1) is 10.4. The molecule has 3 amide bonds. The van der Waals surface area contributed by atoms with E-state index < -0.39 is 5.97 Å². The van der Waals surface area contributed by atoms with Crippen molar-refractivity contribution in [2.45, 2.75) is 13.3 Å². The van der Waals surface area contributed by atoms with Gasteiger partial charge >= 0.3 is 12.0 Å². The Morgan fingerprint density at radius 1 is 1.33 bits per heavy atom. The smallest absolute Gasteiger partial charge is 0.314 e. The summed E-state index contributed by atoms with van der Waals surface area (Å²) in [6, 6.07) is 8.31. The number of carbonyl (C=O) groups excluding carboxylic acids is 2. The van der Waals surface area contributed by atoms with Gasteiger partial charge in [0, 0.05) is 25.7 Å². The molecule has 7 heteroatoms. The lowest BCUT2D eigenvalue weighted by Crippen LogP contribution is -2.31. The number of nitrogens with one attached hydrogen (secondary N) is 1. The molecule has 0 atom stereocenters. The summed E-state index contributed by atoms with van der Waals surface area (Å²) in [7, 11) is 1.63. The van der Waals surface area contributed by atoms with Crippen LogP contribution in [0, 0.1) is 0 Å². The molecule has 0 spiro atoms. The van der Waals surface area contributed by atoms with Crippen LogP contribution in [0.4, 0.5) is 4.79 Å². The van der Waals surface area contributed by atoms with Crippen molar-refractivity contribution in [1.82, 2.24) is 10.2 Å². The van der Waals surface area contributed by atoms with Crippen LogP contribution >= 0.6 is 0 Å². The fourth-order valence-corrected chi connectivity index (χ4v) is 1.12. The summed E-state index contributed by atoms with van der Waals surface area (Å²) in [5.41, 5.74) is 2.29. The third-order valence-electron chi connectivity index (χ3n) is 2.48. The molecule has 0 aliphatic heterocycles. The van der Waals surface area contributed by atoms with Crippen LogP contribution in [0.1, 0.15) is 23.7 Å². The first-order valence-electron chi connectivity index (χ1n) is 6.90. The number of amides is 3. The van der Waals surface area contributed by atoms with Crippen molar-refractivity contribution in [2.24, 2.45) is 5.73 Å². The van der Waals surface area contributed by atoms with Crippen molar-refractivity contribution < 1.29 is 20.9 Å². The Kier molecular flexibility index (Phi) is 8.04. The molecule has 0 fully saturated rings. The van der Waals surface area contributed by atoms with Crippen molar-refractivity contribution in [2.75, 3.05) is 20.1 Å². The summed E-state index contributed by atoms with van der Waals surface area (Å²) in [6.45, 7) is 2.63. The maximum absolute atomic E-state index is 11.3. The molecule has 0 saturated carbocycles. The number of aliphatic carboxylic acids is 1. The zero-order valence-corrected chi connectivity index (χ0v) is 12.1. The summed E-state index contributed by atoms with van der Waals surface area (Å²) < 4.78 is 6.40. The van der Waals surface area contributed by atoms with Crippen molar-refractivity contribution in [3.63, 3.8) is 0 Å². The van der Waals surface area contributed by atoms with Crippen molar-refractivity contribution in [1.29, 1.82) is 0 Å². The van der Waals surface area contributed by atoms with Crippen LogP contribution in [0.3, 0.4) is 0 Å². The third-order valence-corrected chi connectivity index (χ3v) is 2.48. The molecule has 0 aliphatic carbocycles. The normalized spacial score (nSPS) is 9.52.